The van der Waals surface area contributed by atoms with Crippen molar-refractivity contribution in [1.29, 1.82) is 0 Å². The van der Waals surface area contributed by atoms with Crippen LogP contribution < -0.4 is 19.8 Å². The molecular weight excluding hydrogens is 450 g/mol. The van der Waals surface area contributed by atoms with Crippen LogP contribution in [0, 0.1) is 0 Å². The van der Waals surface area contributed by atoms with Crippen LogP contribution in [0.5, 0.6) is 0 Å². The fourth-order valence-electron chi connectivity index (χ4n) is 4.17. The van der Waals surface area contributed by atoms with Gasteiger partial charge in [0.25, 0.3) is 5.91 Å². The van der Waals surface area contributed by atoms with E-state index in [-0.39, 0.29) is 5.91 Å². The molecule has 2 fully saturated rings. The minimum Gasteiger partial charge on any atom is -0.367 e. The maximum Gasteiger partial charge on any atom is 0.254 e. The molecule has 4 rings (SSSR count). The number of nitrogens with one attached hydrogen (secondary N) is 2. The SMILES string of the molecule is CS(=O)(=O)Nc1cc(C(=O)N2CCN(c3ccccc3Cl)CC2)ccc1N1CCNCC1. The Kier molecular flexibility index (Phi) is 6.78. The Balaban J connectivity index is 1.51. The first-order valence-electron chi connectivity index (χ1n) is 10.7. The number of carbonyl (C=O) groups is 1. The molecule has 10 heteroatoms. The standard InChI is InChI=1S/C22H28ClN5O3S/c1-32(30,31)25-19-16-17(6-7-21(19)26-10-8-24-9-11-26)22(29)28-14-12-27(13-15-28)20-5-3-2-4-18(20)23/h2-7,16,24-25H,8-15H2,1H3. The average molecular weight is 478 g/mol. The second kappa shape index (κ2) is 9.56. The predicted octanol–water partition coefficient (Wildman–Crippen LogP) is 2.08. The van der Waals surface area contributed by atoms with Crippen LogP contribution in [0.2, 0.25) is 5.02 Å². The highest BCUT2D eigenvalue weighted by atomic mass is 35.5. The third kappa shape index (κ3) is 5.28. The summed E-state index contributed by atoms with van der Waals surface area (Å²) in [5, 5.41) is 3.99. The molecule has 0 atom stereocenters. The van der Waals surface area contributed by atoms with Gasteiger partial charge in [0.05, 0.1) is 28.3 Å². The zero-order valence-corrected chi connectivity index (χ0v) is 19.6. The maximum atomic E-state index is 13.2. The summed E-state index contributed by atoms with van der Waals surface area (Å²) < 4.78 is 26.5. The number of para-hydroxylation sites is 1. The highest BCUT2D eigenvalue weighted by molar-refractivity contribution is 7.92. The third-order valence-corrected chi connectivity index (χ3v) is 6.67. The monoisotopic (exact) mass is 477 g/mol. The van der Waals surface area contributed by atoms with Gasteiger partial charge < -0.3 is 20.0 Å². The van der Waals surface area contributed by atoms with Crippen LogP contribution in [0.4, 0.5) is 17.1 Å². The first-order valence-corrected chi connectivity index (χ1v) is 12.9. The molecule has 0 unspecified atom stereocenters. The van der Waals surface area contributed by atoms with Gasteiger partial charge in [-0.2, -0.15) is 0 Å². The summed E-state index contributed by atoms with van der Waals surface area (Å²) in [7, 11) is -3.48. The van der Waals surface area contributed by atoms with Crippen molar-refractivity contribution in [2.24, 2.45) is 0 Å². The van der Waals surface area contributed by atoms with E-state index < -0.39 is 10.0 Å². The molecule has 2 heterocycles. The molecule has 32 heavy (non-hydrogen) atoms. The van der Waals surface area contributed by atoms with Crippen LogP contribution in [0.25, 0.3) is 0 Å². The summed E-state index contributed by atoms with van der Waals surface area (Å²) in [6.07, 6.45) is 1.12. The van der Waals surface area contributed by atoms with E-state index in [2.05, 4.69) is 19.8 Å². The van der Waals surface area contributed by atoms with Crippen molar-refractivity contribution in [2.75, 3.05) is 73.1 Å². The van der Waals surface area contributed by atoms with Crippen LogP contribution in [-0.4, -0.2) is 77.8 Å². The molecule has 1 amide bonds. The molecule has 2 aromatic rings. The molecular formula is C22H28ClN5O3S. The zero-order valence-electron chi connectivity index (χ0n) is 18.1. The van der Waals surface area contributed by atoms with Crippen LogP contribution in [-0.2, 0) is 10.0 Å². The van der Waals surface area contributed by atoms with Crippen molar-refractivity contribution in [2.45, 2.75) is 0 Å². The van der Waals surface area contributed by atoms with E-state index >= 15 is 0 Å². The molecule has 2 aliphatic rings. The number of halogens is 1. The highest BCUT2D eigenvalue weighted by Crippen LogP contribution is 2.30. The quantitative estimate of drug-likeness (QED) is 0.686. The van der Waals surface area contributed by atoms with Crippen molar-refractivity contribution >= 4 is 44.6 Å². The number of sulfonamides is 1. The van der Waals surface area contributed by atoms with Gasteiger partial charge in [0.2, 0.25) is 10.0 Å². The Morgan fingerprint density at radius 2 is 1.59 bits per heavy atom. The van der Waals surface area contributed by atoms with Gasteiger partial charge in [0, 0.05) is 57.9 Å². The summed E-state index contributed by atoms with van der Waals surface area (Å²) in [6.45, 7) is 5.71. The Morgan fingerprint density at radius 1 is 0.938 bits per heavy atom. The Hall–Kier alpha value is -2.49. The lowest BCUT2D eigenvalue weighted by Gasteiger charge is -2.36. The van der Waals surface area contributed by atoms with Crippen molar-refractivity contribution in [3.63, 3.8) is 0 Å². The predicted molar refractivity (Wildman–Crippen MR) is 130 cm³/mol. The molecule has 0 aromatic heterocycles. The second-order valence-electron chi connectivity index (χ2n) is 8.07. The Labute approximate surface area is 194 Å². The molecule has 172 valence electrons. The summed E-state index contributed by atoms with van der Waals surface area (Å²) >= 11 is 6.32. The lowest BCUT2D eigenvalue weighted by atomic mass is 10.1. The summed E-state index contributed by atoms with van der Waals surface area (Å²) in [5.74, 6) is -0.104. The lowest BCUT2D eigenvalue weighted by molar-refractivity contribution is 0.0747. The highest BCUT2D eigenvalue weighted by Gasteiger charge is 2.25. The normalized spacial score (nSPS) is 17.4. The van der Waals surface area contributed by atoms with E-state index in [9.17, 15) is 13.2 Å². The van der Waals surface area contributed by atoms with Crippen molar-refractivity contribution < 1.29 is 13.2 Å². The molecule has 2 aliphatic heterocycles. The van der Waals surface area contributed by atoms with Gasteiger partial charge >= 0.3 is 0 Å². The fraction of sp³-hybridized carbons (Fsp3) is 0.409. The molecule has 8 nitrogen and oxygen atoms in total. The van der Waals surface area contributed by atoms with Crippen molar-refractivity contribution in [3.05, 3.63) is 53.1 Å². The topological polar surface area (TPSA) is 85.0 Å². The number of carbonyl (C=O) groups excluding carboxylic acids is 1. The summed E-state index contributed by atoms with van der Waals surface area (Å²) in [4.78, 5) is 19.3. The minimum atomic E-state index is -3.48. The van der Waals surface area contributed by atoms with Gasteiger partial charge in [0.1, 0.15) is 0 Å². The largest absolute Gasteiger partial charge is 0.367 e. The number of benzene rings is 2. The van der Waals surface area contributed by atoms with Gasteiger partial charge in [-0.1, -0.05) is 23.7 Å². The number of nitrogens with zero attached hydrogens (tertiary/aromatic N) is 3. The van der Waals surface area contributed by atoms with Crippen molar-refractivity contribution in [3.8, 4) is 0 Å². The number of rotatable bonds is 5. The van der Waals surface area contributed by atoms with Crippen LogP contribution in [0.1, 0.15) is 10.4 Å². The van der Waals surface area contributed by atoms with Gasteiger partial charge in [-0.05, 0) is 30.3 Å². The molecule has 2 N–H and O–H groups in total. The first-order chi connectivity index (χ1) is 15.3. The van der Waals surface area contributed by atoms with E-state index in [4.69, 9.17) is 11.6 Å². The summed E-state index contributed by atoms with van der Waals surface area (Å²) in [6, 6.07) is 13.0. The van der Waals surface area contributed by atoms with E-state index in [1.165, 1.54) is 0 Å². The summed E-state index contributed by atoms with van der Waals surface area (Å²) in [5.41, 5.74) is 2.68. The van der Waals surface area contributed by atoms with Gasteiger partial charge in [-0.25, -0.2) is 8.42 Å². The zero-order chi connectivity index (χ0) is 22.7. The second-order valence-corrected chi connectivity index (χ2v) is 10.2. The number of hydrogen-bond donors (Lipinski definition) is 2. The number of amides is 1. The van der Waals surface area contributed by atoms with E-state index in [0.717, 1.165) is 43.8 Å². The molecule has 0 saturated carbocycles. The Bertz CT molecular complexity index is 1080. The van der Waals surface area contributed by atoms with E-state index in [0.29, 0.717) is 42.5 Å². The molecule has 0 spiro atoms. The molecule has 0 aliphatic carbocycles. The van der Waals surface area contributed by atoms with Crippen LogP contribution in [0.15, 0.2) is 42.5 Å². The first kappa shape index (κ1) is 22.7. The van der Waals surface area contributed by atoms with Crippen LogP contribution >= 0.6 is 11.6 Å². The Morgan fingerprint density at radius 3 is 2.25 bits per heavy atom. The molecule has 0 bridgehead atoms. The van der Waals surface area contributed by atoms with Crippen LogP contribution in [0.3, 0.4) is 0 Å². The lowest BCUT2D eigenvalue weighted by Crippen LogP contribution is -2.49. The van der Waals surface area contributed by atoms with Gasteiger partial charge in [-0.15, -0.1) is 0 Å². The average Bonchev–Trinajstić information content (AvgIpc) is 2.78. The fourth-order valence-corrected chi connectivity index (χ4v) is 4.99. The van der Waals surface area contributed by atoms with E-state index in [1.807, 2.05) is 30.3 Å². The molecule has 0 radical (unpaired) electrons. The van der Waals surface area contributed by atoms with Gasteiger partial charge in [-0.3, -0.25) is 9.52 Å². The van der Waals surface area contributed by atoms with Crippen molar-refractivity contribution in [1.82, 2.24) is 10.2 Å². The molecule has 2 aromatic carbocycles. The number of hydrogen-bond acceptors (Lipinski definition) is 6. The van der Waals surface area contributed by atoms with E-state index in [1.54, 1.807) is 17.0 Å². The van der Waals surface area contributed by atoms with Gasteiger partial charge in [0.15, 0.2) is 0 Å². The number of anilines is 3. The third-order valence-electron chi connectivity index (χ3n) is 5.76. The minimum absolute atomic E-state index is 0.104. The smallest absolute Gasteiger partial charge is 0.254 e. The maximum absolute atomic E-state index is 13.2. The number of piperazine rings is 2. The molecule has 2 saturated heterocycles.